The molecule has 138 valence electrons. The predicted octanol–water partition coefficient (Wildman–Crippen LogP) is 4.12. The van der Waals surface area contributed by atoms with Crippen LogP contribution in [0.15, 0.2) is 42.5 Å². The van der Waals surface area contributed by atoms with Crippen molar-refractivity contribution in [3.63, 3.8) is 0 Å². The van der Waals surface area contributed by atoms with Gasteiger partial charge in [-0.05, 0) is 51.1 Å². The van der Waals surface area contributed by atoms with E-state index in [0.29, 0.717) is 5.56 Å². The molecule has 0 bridgehead atoms. The van der Waals surface area contributed by atoms with Gasteiger partial charge >= 0.3 is 5.97 Å². The molecule has 1 N–H and O–H groups in total. The van der Waals surface area contributed by atoms with Crippen molar-refractivity contribution in [1.29, 1.82) is 0 Å². The summed E-state index contributed by atoms with van der Waals surface area (Å²) >= 11 is 0. The van der Waals surface area contributed by atoms with E-state index in [1.54, 1.807) is 19.2 Å². The minimum absolute atomic E-state index is 0.387. The molecule has 0 amide bonds. The second kappa shape index (κ2) is 7.00. The maximum atomic E-state index is 12.7. The minimum Gasteiger partial charge on any atom is -0.483 e. The quantitative estimate of drug-likeness (QED) is 0.836. The Bertz CT molecular complexity index is 798. The summed E-state index contributed by atoms with van der Waals surface area (Å²) in [4.78, 5) is 12.7. The number of aryl methyl sites for hydroxylation is 1. The number of esters is 1. The third-order valence-corrected chi connectivity index (χ3v) is 4.71. The fourth-order valence-electron chi connectivity index (χ4n) is 3.22. The molecule has 1 aliphatic heterocycles. The average molecular weight is 355 g/mol. The Labute approximate surface area is 154 Å². The minimum atomic E-state index is -0.727. The normalized spacial score (nSPS) is 20.7. The summed E-state index contributed by atoms with van der Waals surface area (Å²) in [6.45, 7) is 5.78. The summed E-state index contributed by atoms with van der Waals surface area (Å²) in [6, 6.07) is 13.1. The molecule has 5 heteroatoms. The molecule has 26 heavy (non-hydrogen) atoms. The van der Waals surface area contributed by atoms with Crippen LogP contribution >= 0.6 is 0 Å². The van der Waals surface area contributed by atoms with Crippen LogP contribution < -0.4 is 10.1 Å². The number of nitrogens with one attached hydrogen (secondary N) is 1. The third kappa shape index (κ3) is 3.40. The zero-order valence-electron chi connectivity index (χ0n) is 15.8. The summed E-state index contributed by atoms with van der Waals surface area (Å²) in [5, 5.41) is 3.11. The molecule has 2 unspecified atom stereocenters. The van der Waals surface area contributed by atoms with Gasteiger partial charge in [-0.15, -0.1) is 0 Å². The Morgan fingerprint density at radius 1 is 1.15 bits per heavy atom. The van der Waals surface area contributed by atoms with E-state index < -0.39 is 17.8 Å². The number of fused-ring (bicyclic) bond motifs is 1. The Morgan fingerprint density at radius 2 is 1.85 bits per heavy atom. The lowest BCUT2D eigenvalue weighted by atomic mass is 9.88. The molecule has 0 saturated carbocycles. The Kier molecular flexibility index (Phi) is 4.92. The molecule has 1 aliphatic rings. The van der Waals surface area contributed by atoms with Crippen molar-refractivity contribution in [1.82, 2.24) is 0 Å². The lowest BCUT2D eigenvalue weighted by Crippen LogP contribution is -2.51. The number of rotatable bonds is 4. The van der Waals surface area contributed by atoms with Crippen LogP contribution in [0.2, 0.25) is 0 Å². The van der Waals surface area contributed by atoms with Crippen molar-refractivity contribution in [2.75, 3.05) is 19.5 Å². The molecule has 1 heterocycles. The number of methoxy groups -OCH3 is 1. The highest BCUT2D eigenvalue weighted by molar-refractivity contribution is 5.89. The Morgan fingerprint density at radius 3 is 2.46 bits per heavy atom. The van der Waals surface area contributed by atoms with Crippen LogP contribution in [0.5, 0.6) is 5.75 Å². The molecule has 2 aromatic carbocycles. The fraction of sp³-hybridized carbons (Fsp3) is 0.381. The molecule has 5 nitrogen and oxygen atoms in total. The molecule has 0 saturated heterocycles. The van der Waals surface area contributed by atoms with Crippen molar-refractivity contribution in [3.05, 3.63) is 59.2 Å². The maximum Gasteiger partial charge on any atom is 0.338 e. The van der Waals surface area contributed by atoms with Crippen molar-refractivity contribution in [3.8, 4) is 5.75 Å². The SMILES string of the molecule is CNc1ccc2c(c1)C(OC)C(OC(=O)c1ccc(C)cc1)C(C)(C)O2. The summed E-state index contributed by atoms with van der Waals surface area (Å²) in [5.41, 5.74) is 2.68. The van der Waals surface area contributed by atoms with Gasteiger partial charge in [-0.25, -0.2) is 4.79 Å². The predicted molar refractivity (Wildman–Crippen MR) is 101 cm³/mol. The van der Waals surface area contributed by atoms with Crippen LogP contribution in [0.25, 0.3) is 0 Å². The van der Waals surface area contributed by atoms with Crippen LogP contribution in [0.3, 0.4) is 0 Å². The van der Waals surface area contributed by atoms with Crippen molar-refractivity contribution >= 4 is 11.7 Å². The lowest BCUT2D eigenvalue weighted by Gasteiger charge is -2.43. The van der Waals surface area contributed by atoms with Crippen LogP contribution in [-0.2, 0) is 9.47 Å². The molecule has 2 atom stereocenters. The molecule has 0 spiro atoms. The summed E-state index contributed by atoms with van der Waals surface area (Å²) in [5.74, 6) is 0.352. The number of hydrogen-bond donors (Lipinski definition) is 1. The molecule has 3 rings (SSSR count). The lowest BCUT2D eigenvalue weighted by molar-refractivity contribution is -0.129. The summed E-state index contributed by atoms with van der Waals surface area (Å²) in [7, 11) is 3.47. The smallest absolute Gasteiger partial charge is 0.338 e. The molecular weight excluding hydrogens is 330 g/mol. The highest BCUT2D eigenvalue weighted by atomic mass is 16.6. The second-order valence-electron chi connectivity index (χ2n) is 7.06. The van der Waals surface area contributed by atoms with Crippen molar-refractivity contribution in [2.45, 2.75) is 38.6 Å². The first-order valence-corrected chi connectivity index (χ1v) is 8.67. The Hall–Kier alpha value is -2.53. The zero-order valence-corrected chi connectivity index (χ0v) is 15.8. The molecular formula is C21H25NO4. The summed E-state index contributed by atoms with van der Waals surface area (Å²) < 4.78 is 17.7. The highest BCUT2D eigenvalue weighted by Gasteiger charge is 2.47. The van der Waals surface area contributed by atoms with E-state index in [0.717, 1.165) is 22.6 Å². The number of ether oxygens (including phenoxy) is 3. The first-order valence-electron chi connectivity index (χ1n) is 8.67. The maximum absolute atomic E-state index is 12.7. The van der Waals surface area contributed by atoms with Gasteiger partial charge in [-0.3, -0.25) is 0 Å². The first kappa shape index (κ1) is 18.3. The molecule has 0 fully saturated rings. The topological polar surface area (TPSA) is 56.8 Å². The van der Waals surface area contributed by atoms with Gasteiger partial charge in [0.15, 0.2) is 6.10 Å². The van der Waals surface area contributed by atoms with Gasteiger partial charge in [0.1, 0.15) is 17.5 Å². The van der Waals surface area contributed by atoms with E-state index in [2.05, 4.69) is 5.32 Å². The first-order chi connectivity index (χ1) is 12.4. The van der Waals surface area contributed by atoms with Crippen molar-refractivity contribution in [2.24, 2.45) is 0 Å². The number of benzene rings is 2. The van der Waals surface area contributed by atoms with E-state index in [4.69, 9.17) is 14.2 Å². The number of carbonyl (C=O) groups excluding carboxylic acids is 1. The van der Waals surface area contributed by atoms with Crippen LogP contribution in [-0.4, -0.2) is 31.8 Å². The van der Waals surface area contributed by atoms with E-state index in [1.807, 2.05) is 58.2 Å². The van der Waals surface area contributed by atoms with E-state index in [9.17, 15) is 4.79 Å². The van der Waals surface area contributed by atoms with E-state index >= 15 is 0 Å². The van der Waals surface area contributed by atoms with Gasteiger partial charge in [-0.1, -0.05) is 17.7 Å². The molecule has 0 aromatic heterocycles. The van der Waals surface area contributed by atoms with E-state index in [1.165, 1.54) is 0 Å². The average Bonchev–Trinajstić information content (AvgIpc) is 2.62. The van der Waals surface area contributed by atoms with Gasteiger partial charge in [-0.2, -0.15) is 0 Å². The zero-order chi connectivity index (χ0) is 18.9. The number of hydrogen-bond acceptors (Lipinski definition) is 5. The second-order valence-corrected chi connectivity index (χ2v) is 7.06. The van der Waals surface area contributed by atoms with Crippen LogP contribution in [0, 0.1) is 6.92 Å². The van der Waals surface area contributed by atoms with Gasteiger partial charge < -0.3 is 19.5 Å². The largest absolute Gasteiger partial charge is 0.483 e. The number of anilines is 1. The molecule has 2 aromatic rings. The van der Waals surface area contributed by atoms with Gasteiger partial charge in [0.25, 0.3) is 0 Å². The number of carbonyl (C=O) groups is 1. The Balaban J connectivity index is 1.93. The van der Waals surface area contributed by atoms with Crippen LogP contribution in [0.1, 0.15) is 41.4 Å². The van der Waals surface area contributed by atoms with Gasteiger partial charge in [0, 0.05) is 25.4 Å². The third-order valence-electron chi connectivity index (χ3n) is 4.71. The monoisotopic (exact) mass is 355 g/mol. The van der Waals surface area contributed by atoms with Crippen LogP contribution in [0.4, 0.5) is 5.69 Å². The van der Waals surface area contributed by atoms with E-state index in [-0.39, 0.29) is 5.97 Å². The molecule has 0 aliphatic carbocycles. The molecule has 0 radical (unpaired) electrons. The summed E-state index contributed by atoms with van der Waals surface area (Å²) in [6.07, 6.45) is -1.00. The van der Waals surface area contributed by atoms with Crippen molar-refractivity contribution < 1.29 is 19.0 Å². The van der Waals surface area contributed by atoms with Gasteiger partial charge in [0.05, 0.1) is 5.56 Å². The fourth-order valence-corrected chi connectivity index (χ4v) is 3.22. The van der Waals surface area contributed by atoms with Gasteiger partial charge in [0.2, 0.25) is 0 Å². The standard InChI is InChI=1S/C21H25NO4/c1-13-6-8-14(9-7-13)20(23)25-19-18(24-5)16-12-15(22-4)10-11-17(16)26-21(19,2)3/h6-12,18-19,22H,1-5H3. The highest BCUT2D eigenvalue weighted by Crippen LogP contribution is 2.44.